The third-order valence-electron chi connectivity index (χ3n) is 2.14. The summed E-state index contributed by atoms with van der Waals surface area (Å²) in [5.74, 6) is 5.28. The zero-order chi connectivity index (χ0) is 10.8. The molecule has 0 radical (unpaired) electrons. The number of hydrogen-bond acceptors (Lipinski definition) is 2. The van der Waals surface area contributed by atoms with Gasteiger partial charge in [-0.05, 0) is 19.1 Å². The zero-order valence-corrected chi connectivity index (χ0v) is 8.16. The lowest BCUT2D eigenvalue weighted by atomic mass is 10.1. The first-order valence-corrected chi connectivity index (χ1v) is 4.42. The molecule has 2 rings (SSSR count). The van der Waals surface area contributed by atoms with Crippen LogP contribution in [0.5, 0.6) is 0 Å². The Bertz CT molecular complexity index is 587. The number of rotatable bonds is 1. The quantitative estimate of drug-likeness (QED) is 0.673. The van der Waals surface area contributed by atoms with Crippen LogP contribution in [0.4, 0.5) is 0 Å². The molecule has 4 nitrogen and oxygen atoms in total. The minimum Gasteiger partial charge on any atom is -0.366 e. The summed E-state index contributed by atoms with van der Waals surface area (Å²) in [7, 11) is 0. The number of aromatic nitrogens is 2. The molecule has 1 aromatic carbocycles. The van der Waals surface area contributed by atoms with Gasteiger partial charge in [0.1, 0.15) is 0 Å². The van der Waals surface area contributed by atoms with Crippen molar-refractivity contribution in [3.63, 3.8) is 0 Å². The summed E-state index contributed by atoms with van der Waals surface area (Å²) in [6, 6.07) is 3.43. The summed E-state index contributed by atoms with van der Waals surface area (Å²) in [4.78, 5) is 11.1. The van der Waals surface area contributed by atoms with Crippen LogP contribution >= 0.6 is 0 Å². The van der Waals surface area contributed by atoms with Crippen molar-refractivity contribution in [2.75, 3.05) is 0 Å². The van der Waals surface area contributed by atoms with Crippen LogP contribution in [0.1, 0.15) is 22.8 Å². The molecule has 1 amide bonds. The van der Waals surface area contributed by atoms with E-state index < -0.39 is 5.91 Å². The summed E-state index contributed by atoms with van der Waals surface area (Å²) in [5, 5.41) is 7.46. The number of nitrogens with zero attached hydrogens (tertiary/aromatic N) is 1. The minimum atomic E-state index is -0.472. The number of carbonyl (C=O) groups is 1. The predicted octanol–water partition coefficient (Wildman–Crippen LogP) is 1.03. The van der Waals surface area contributed by atoms with Crippen molar-refractivity contribution in [1.82, 2.24) is 10.2 Å². The molecule has 0 atom stereocenters. The van der Waals surface area contributed by atoms with E-state index in [4.69, 9.17) is 5.73 Å². The Kier molecular flexibility index (Phi) is 2.14. The third kappa shape index (κ3) is 1.44. The van der Waals surface area contributed by atoms with E-state index in [1.165, 1.54) is 0 Å². The number of nitrogens with two attached hydrogens (primary N) is 1. The SMILES string of the molecule is CC#Cc1ccc(C(N)=O)c2[nH]ncc12. The van der Waals surface area contributed by atoms with E-state index in [9.17, 15) is 4.79 Å². The second-order valence-electron chi connectivity index (χ2n) is 3.06. The average Bonchev–Trinajstić information content (AvgIpc) is 2.66. The van der Waals surface area contributed by atoms with Crippen LogP contribution in [-0.4, -0.2) is 16.1 Å². The fraction of sp³-hybridized carbons (Fsp3) is 0.0909. The number of aromatic amines is 1. The molecule has 0 bridgehead atoms. The lowest BCUT2D eigenvalue weighted by Gasteiger charge is -1.99. The van der Waals surface area contributed by atoms with Crippen molar-refractivity contribution in [1.29, 1.82) is 0 Å². The normalized spacial score (nSPS) is 9.67. The van der Waals surface area contributed by atoms with E-state index in [2.05, 4.69) is 22.0 Å². The number of benzene rings is 1. The van der Waals surface area contributed by atoms with Gasteiger partial charge in [-0.3, -0.25) is 9.89 Å². The van der Waals surface area contributed by atoms with E-state index in [-0.39, 0.29) is 0 Å². The Morgan fingerprint density at radius 2 is 2.33 bits per heavy atom. The maximum Gasteiger partial charge on any atom is 0.250 e. The smallest absolute Gasteiger partial charge is 0.250 e. The average molecular weight is 199 g/mol. The predicted molar refractivity (Wildman–Crippen MR) is 57.2 cm³/mol. The Balaban J connectivity index is 2.80. The van der Waals surface area contributed by atoms with Crippen molar-refractivity contribution in [2.45, 2.75) is 6.92 Å². The van der Waals surface area contributed by atoms with Gasteiger partial charge in [0.2, 0.25) is 0 Å². The van der Waals surface area contributed by atoms with Crippen LogP contribution < -0.4 is 5.73 Å². The first-order valence-electron chi connectivity index (χ1n) is 4.42. The first kappa shape index (κ1) is 9.28. The highest BCUT2D eigenvalue weighted by Crippen LogP contribution is 2.19. The molecular formula is C11H9N3O. The van der Waals surface area contributed by atoms with E-state index in [0.29, 0.717) is 11.1 Å². The molecule has 0 aliphatic rings. The second-order valence-corrected chi connectivity index (χ2v) is 3.06. The van der Waals surface area contributed by atoms with Gasteiger partial charge in [-0.1, -0.05) is 5.92 Å². The van der Waals surface area contributed by atoms with E-state index in [1.54, 1.807) is 25.3 Å². The topological polar surface area (TPSA) is 71.8 Å². The van der Waals surface area contributed by atoms with Gasteiger partial charge in [-0.2, -0.15) is 5.10 Å². The molecule has 4 heteroatoms. The Morgan fingerprint density at radius 1 is 1.53 bits per heavy atom. The van der Waals surface area contributed by atoms with Crippen LogP contribution in [0, 0.1) is 11.8 Å². The lowest BCUT2D eigenvalue weighted by molar-refractivity contribution is 0.100. The minimum absolute atomic E-state index is 0.434. The molecule has 74 valence electrons. The van der Waals surface area contributed by atoms with Crippen molar-refractivity contribution in [2.24, 2.45) is 5.73 Å². The molecule has 1 heterocycles. The molecule has 0 spiro atoms. The molecule has 0 saturated carbocycles. The first-order chi connectivity index (χ1) is 7.24. The maximum atomic E-state index is 11.1. The van der Waals surface area contributed by atoms with Gasteiger partial charge in [0, 0.05) is 10.9 Å². The molecule has 0 saturated heterocycles. The van der Waals surface area contributed by atoms with Gasteiger partial charge in [-0.15, -0.1) is 5.92 Å². The highest BCUT2D eigenvalue weighted by Gasteiger charge is 2.10. The molecule has 3 N–H and O–H groups in total. The molecule has 15 heavy (non-hydrogen) atoms. The van der Waals surface area contributed by atoms with Gasteiger partial charge < -0.3 is 5.73 Å². The van der Waals surface area contributed by atoms with Gasteiger partial charge >= 0.3 is 0 Å². The summed E-state index contributed by atoms with van der Waals surface area (Å²) >= 11 is 0. The van der Waals surface area contributed by atoms with Gasteiger partial charge in [-0.25, -0.2) is 0 Å². The molecular weight excluding hydrogens is 190 g/mol. The van der Waals surface area contributed by atoms with Crippen LogP contribution in [0.25, 0.3) is 10.9 Å². The number of H-pyrrole nitrogens is 1. The summed E-state index contributed by atoms with van der Waals surface area (Å²) < 4.78 is 0. The van der Waals surface area contributed by atoms with Crippen LogP contribution in [0.2, 0.25) is 0 Å². The molecule has 2 aromatic rings. The fourth-order valence-corrected chi connectivity index (χ4v) is 1.48. The van der Waals surface area contributed by atoms with Gasteiger partial charge in [0.15, 0.2) is 0 Å². The Morgan fingerprint density at radius 3 is 3.00 bits per heavy atom. The van der Waals surface area contributed by atoms with Gasteiger partial charge in [0.05, 0.1) is 17.3 Å². The Hall–Kier alpha value is -2.28. The monoisotopic (exact) mass is 199 g/mol. The standard InChI is InChI=1S/C11H9N3O/c1-2-3-7-4-5-8(11(12)15)10-9(7)6-13-14-10/h4-6H,1H3,(H2,12,15)(H,13,14). The van der Waals surface area contributed by atoms with Crippen molar-refractivity contribution >= 4 is 16.8 Å². The highest BCUT2D eigenvalue weighted by molar-refractivity contribution is 6.05. The van der Waals surface area contributed by atoms with Crippen molar-refractivity contribution in [3.05, 3.63) is 29.5 Å². The molecule has 1 aromatic heterocycles. The molecule has 0 aliphatic heterocycles. The second kappa shape index (κ2) is 3.46. The zero-order valence-electron chi connectivity index (χ0n) is 8.16. The number of primary amides is 1. The van der Waals surface area contributed by atoms with E-state index >= 15 is 0 Å². The van der Waals surface area contributed by atoms with E-state index in [0.717, 1.165) is 10.9 Å². The summed E-state index contributed by atoms with van der Waals surface area (Å²) in [6.07, 6.45) is 1.64. The lowest BCUT2D eigenvalue weighted by Crippen LogP contribution is -2.11. The number of fused-ring (bicyclic) bond motifs is 1. The number of nitrogens with one attached hydrogen (secondary N) is 1. The Labute approximate surface area is 86.5 Å². The number of hydrogen-bond donors (Lipinski definition) is 2. The number of carbonyl (C=O) groups excluding carboxylic acids is 1. The summed E-state index contributed by atoms with van der Waals surface area (Å²) in [6.45, 7) is 1.76. The van der Waals surface area contributed by atoms with E-state index in [1.807, 2.05) is 0 Å². The van der Waals surface area contributed by atoms with Crippen molar-refractivity contribution < 1.29 is 4.79 Å². The molecule has 0 unspecified atom stereocenters. The third-order valence-corrected chi connectivity index (χ3v) is 2.14. The molecule has 0 aliphatic carbocycles. The fourth-order valence-electron chi connectivity index (χ4n) is 1.48. The van der Waals surface area contributed by atoms with Crippen LogP contribution in [-0.2, 0) is 0 Å². The highest BCUT2D eigenvalue weighted by atomic mass is 16.1. The number of amides is 1. The molecule has 0 fully saturated rings. The van der Waals surface area contributed by atoms with Crippen molar-refractivity contribution in [3.8, 4) is 11.8 Å². The van der Waals surface area contributed by atoms with Gasteiger partial charge in [0.25, 0.3) is 5.91 Å². The largest absolute Gasteiger partial charge is 0.366 e. The van der Waals surface area contributed by atoms with Crippen LogP contribution in [0.3, 0.4) is 0 Å². The summed E-state index contributed by atoms with van der Waals surface area (Å²) in [5.41, 5.74) is 7.16. The van der Waals surface area contributed by atoms with Crippen LogP contribution in [0.15, 0.2) is 18.3 Å². The maximum absolute atomic E-state index is 11.1.